The summed E-state index contributed by atoms with van der Waals surface area (Å²) in [4.78, 5) is 12.6. The van der Waals surface area contributed by atoms with Crippen molar-refractivity contribution in [2.24, 2.45) is 0 Å². The first-order valence-corrected chi connectivity index (χ1v) is 6.16. The maximum absolute atomic E-state index is 10.7. The van der Waals surface area contributed by atoms with Gasteiger partial charge in [0.05, 0.1) is 23.5 Å². The third-order valence-electron chi connectivity index (χ3n) is 2.92. The van der Waals surface area contributed by atoms with Crippen molar-refractivity contribution < 1.29 is 9.53 Å². The van der Waals surface area contributed by atoms with Crippen LogP contribution < -0.4 is 9.64 Å². The van der Waals surface area contributed by atoms with E-state index in [9.17, 15) is 4.79 Å². The van der Waals surface area contributed by atoms with E-state index in [-0.39, 0.29) is 0 Å². The number of para-hydroxylation sites is 2. The summed E-state index contributed by atoms with van der Waals surface area (Å²) in [6, 6.07) is 12.9. The summed E-state index contributed by atoms with van der Waals surface area (Å²) in [5.74, 6) is 0.764. The van der Waals surface area contributed by atoms with E-state index in [0.717, 1.165) is 23.4 Å². The topological polar surface area (TPSA) is 29.5 Å². The monoisotopic (exact) mass is 275 g/mol. The normalized spacial score (nSPS) is 10.1. The van der Waals surface area contributed by atoms with E-state index in [1.54, 1.807) is 19.2 Å². The molecule has 2 aromatic rings. The second-order valence-electron chi connectivity index (χ2n) is 4.06. The first-order valence-electron chi connectivity index (χ1n) is 5.79. The van der Waals surface area contributed by atoms with Crippen LogP contribution >= 0.6 is 11.6 Å². The zero-order chi connectivity index (χ0) is 13.8. The summed E-state index contributed by atoms with van der Waals surface area (Å²) in [7, 11) is 3.53. The quantitative estimate of drug-likeness (QED) is 0.792. The maximum atomic E-state index is 10.7. The van der Waals surface area contributed by atoms with E-state index >= 15 is 0 Å². The lowest BCUT2D eigenvalue weighted by Crippen LogP contribution is -2.11. The van der Waals surface area contributed by atoms with Crippen LogP contribution in [0.3, 0.4) is 0 Å². The highest BCUT2D eigenvalue weighted by Crippen LogP contribution is 2.35. The lowest BCUT2D eigenvalue weighted by molar-refractivity contribution is 0.112. The zero-order valence-corrected chi connectivity index (χ0v) is 11.5. The van der Waals surface area contributed by atoms with Crippen LogP contribution in [0, 0.1) is 0 Å². The number of aldehydes is 1. The Morgan fingerprint density at radius 1 is 1.16 bits per heavy atom. The fraction of sp³-hybridized carbons (Fsp3) is 0.133. The minimum Gasteiger partial charge on any atom is -0.495 e. The average Bonchev–Trinajstić information content (AvgIpc) is 2.46. The molecule has 0 atom stereocenters. The van der Waals surface area contributed by atoms with Gasteiger partial charge >= 0.3 is 0 Å². The minimum atomic E-state index is 0.526. The van der Waals surface area contributed by atoms with Gasteiger partial charge in [0.2, 0.25) is 0 Å². The van der Waals surface area contributed by atoms with Crippen molar-refractivity contribution >= 4 is 29.3 Å². The molecule has 0 bridgehead atoms. The maximum Gasteiger partial charge on any atom is 0.150 e. The van der Waals surface area contributed by atoms with Crippen molar-refractivity contribution in [3.8, 4) is 5.75 Å². The number of hydrogen-bond acceptors (Lipinski definition) is 3. The Balaban J connectivity index is 2.43. The number of halogens is 1. The lowest BCUT2D eigenvalue weighted by Gasteiger charge is -2.23. The SMILES string of the molecule is COc1ccccc1N(C)c1ccc(C=O)cc1Cl. The van der Waals surface area contributed by atoms with Gasteiger partial charge in [0, 0.05) is 12.6 Å². The Morgan fingerprint density at radius 3 is 2.53 bits per heavy atom. The Morgan fingerprint density at radius 2 is 1.89 bits per heavy atom. The van der Waals surface area contributed by atoms with Gasteiger partial charge in [-0.3, -0.25) is 4.79 Å². The van der Waals surface area contributed by atoms with E-state index in [1.165, 1.54) is 0 Å². The van der Waals surface area contributed by atoms with Gasteiger partial charge in [0.25, 0.3) is 0 Å². The van der Waals surface area contributed by atoms with Crippen LogP contribution in [0.5, 0.6) is 5.75 Å². The van der Waals surface area contributed by atoms with Crippen molar-refractivity contribution in [1.29, 1.82) is 0 Å². The number of nitrogens with zero attached hydrogens (tertiary/aromatic N) is 1. The third kappa shape index (κ3) is 2.71. The molecule has 0 radical (unpaired) electrons. The Labute approximate surface area is 117 Å². The number of carbonyl (C=O) groups is 1. The molecule has 0 saturated carbocycles. The molecule has 0 amide bonds. The van der Waals surface area contributed by atoms with Gasteiger partial charge in [0.1, 0.15) is 12.0 Å². The van der Waals surface area contributed by atoms with Crippen LogP contribution in [0.4, 0.5) is 11.4 Å². The summed E-state index contributed by atoms with van der Waals surface area (Å²) < 4.78 is 5.33. The summed E-state index contributed by atoms with van der Waals surface area (Å²) in [6.45, 7) is 0. The molecule has 0 fully saturated rings. The number of carbonyl (C=O) groups excluding carboxylic acids is 1. The fourth-order valence-electron chi connectivity index (χ4n) is 1.91. The van der Waals surface area contributed by atoms with E-state index < -0.39 is 0 Å². The van der Waals surface area contributed by atoms with Gasteiger partial charge in [0.15, 0.2) is 0 Å². The highest BCUT2D eigenvalue weighted by molar-refractivity contribution is 6.33. The number of ether oxygens (including phenoxy) is 1. The highest BCUT2D eigenvalue weighted by Gasteiger charge is 2.12. The number of anilines is 2. The number of benzene rings is 2. The molecule has 0 heterocycles. The molecule has 0 aliphatic rings. The molecule has 0 aliphatic heterocycles. The largest absolute Gasteiger partial charge is 0.495 e. The molecule has 0 unspecified atom stereocenters. The summed E-state index contributed by atoms with van der Waals surface area (Å²) in [5.41, 5.74) is 2.28. The summed E-state index contributed by atoms with van der Waals surface area (Å²) in [6.07, 6.45) is 0.777. The molecule has 19 heavy (non-hydrogen) atoms. The predicted octanol–water partition coefficient (Wildman–Crippen LogP) is 3.93. The summed E-state index contributed by atoms with van der Waals surface area (Å²) >= 11 is 6.21. The molecule has 0 aromatic heterocycles. The average molecular weight is 276 g/mol. The number of methoxy groups -OCH3 is 1. The standard InChI is InChI=1S/C15H14ClNO2/c1-17(14-5-3-4-6-15(14)19-2)13-8-7-11(10-18)9-12(13)16/h3-10H,1-2H3. The summed E-state index contributed by atoms with van der Waals surface area (Å²) in [5, 5.41) is 0.526. The second kappa shape index (κ2) is 5.76. The smallest absolute Gasteiger partial charge is 0.150 e. The Bertz CT molecular complexity index is 598. The van der Waals surface area contributed by atoms with Gasteiger partial charge in [-0.15, -0.1) is 0 Å². The molecule has 3 nitrogen and oxygen atoms in total. The van der Waals surface area contributed by atoms with Crippen LogP contribution in [-0.4, -0.2) is 20.4 Å². The van der Waals surface area contributed by atoms with E-state index in [2.05, 4.69) is 0 Å². The third-order valence-corrected chi connectivity index (χ3v) is 3.22. The predicted molar refractivity (Wildman–Crippen MR) is 77.9 cm³/mol. The van der Waals surface area contributed by atoms with Gasteiger partial charge in [-0.1, -0.05) is 23.7 Å². The van der Waals surface area contributed by atoms with E-state index in [1.807, 2.05) is 42.3 Å². The zero-order valence-electron chi connectivity index (χ0n) is 10.8. The fourth-order valence-corrected chi connectivity index (χ4v) is 2.22. The lowest BCUT2D eigenvalue weighted by atomic mass is 10.2. The van der Waals surface area contributed by atoms with Gasteiger partial charge in [-0.05, 0) is 30.3 Å². The molecule has 0 N–H and O–H groups in total. The highest BCUT2D eigenvalue weighted by atomic mass is 35.5. The van der Waals surface area contributed by atoms with Crippen LogP contribution in [0.15, 0.2) is 42.5 Å². The van der Waals surface area contributed by atoms with Crippen LogP contribution in [0.25, 0.3) is 0 Å². The molecule has 0 aliphatic carbocycles. The van der Waals surface area contributed by atoms with Crippen molar-refractivity contribution in [2.45, 2.75) is 0 Å². The first kappa shape index (κ1) is 13.4. The van der Waals surface area contributed by atoms with Gasteiger partial charge in [-0.25, -0.2) is 0 Å². The molecular formula is C15H14ClNO2. The molecule has 98 valence electrons. The Hall–Kier alpha value is -2.00. The first-order chi connectivity index (χ1) is 9.17. The van der Waals surface area contributed by atoms with Crippen molar-refractivity contribution in [2.75, 3.05) is 19.1 Å². The number of rotatable bonds is 4. The van der Waals surface area contributed by atoms with E-state index in [4.69, 9.17) is 16.3 Å². The van der Waals surface area contributed by atoms with Gasteiger partial charge in [-0.2, -0.15) is 0 Å². The van der Waals surface area contributed by atoms with Crippen LogP contribution in [0.2, 0.25) is 5.02 Å². The molecular weight excluding hydrogens is 262 g/mol. The molecule has 2 aromatic carbocycles. The van der Waals surface area contributed by atoms with Crippen LogP contribution in [-0.2, 0) is 0 Å². The molecule has 2 rings (SSSR count). The Kier molecular flexibility index (Phi) is 4.07. The van der Waals surface area contributed by atoms with Crippen molar-refractivity contribution in [3.05, 3.63) is 53.1 Å². The number of hydrogen-bond donors (Lipinski definition) is 0. The molecule has 0 spiro atoms. The van der Waals surface area contributed by atoms with E-state index in [0.29, 0.717) is 10.6 Å². The van der Waals surface area contributed by atoms with Crippen LogP contribution in [0.1, 0.15) is 10.4 Å². The minimum absolute atomic E-state index is 0.526. The molecule has 0 saturated heterocycles. The van der Waals surface area contributed by atoms with Crippen molar-refractivity contribution in [1.82, 2.24) is 0 Å². The molecule has 4 heteroatoms. The van der Waals surface area contributed by atoms with Gasteiger partial charge < -0.3 is 9.64 Å². The van der Waals surface area contributed by atoms with Crippen molar-refractivity contribution in [3.63, 3.8) is 0 Å². The second-order valence-corrected chi connectivity index (χ2v) is 4.47.